The van der Waals surface area contributed by atoms with Crippen molar-refractivity contribution in [1.82, 2.24) is 0 Å². The summed E-state index contributed by atoms with van der Waals surface area (Å²) in [6.45, 7) is 0. The molecule has 0 aliphatic carbocycles. The summed E-state index contributed by atoms with van der Waals surface area (Å²) in [6.07, 6.45) is -0.537. The molecule has 2 atom stereocenters. The van der Waals surface area contributed by atoms with Crippen LogP contribution in [-0.4, -0.2) is 11.1 Å². The van der Waals surface area contributed by atoms with E-state index in [0.717, 1.165) is 12.1 Å². The number of hydrogen-bond donors (Lipinski definition) is 1. The van der Waals surface area contributed by atoms with Crippen molar-refractivity contribution < 1.29 is 18.7 Å². The molecule has 2 aromatic carbocycles. The zero-order chi connectivity index (χ0) is 16.1. The molecule has 2 rings (SSSR count). The summed E-state index contributed by atoms with van der Waals surface area (Å²) in [5.41, 5.74) is 0.166. The van der Waals surface area contributed by atoms with E-state index in [9.17, 15) is 18.8 Å². The van der Waals surface area contributed by atoms with Crippen LogP contribution in [0.1, 0.15) is 29.4 Å². The second kappa shape index (κ2) is 6.81. The molecule has 0 aromatic heterocycles. The molecule has 1 N–H and O–H groups in total. The molecule has 22 heavy (non-hydrogen) atoms. The number of rotatable bonds is 5. The Hall–Kier alpha value is -2.74. The van der Waals surface area contributed by atoms with Crippen molar-refractivity contribution in [2.24, 2.45) is 0 Å². The molecule has 0 saturated heterocycles. The minimum absolute atomic E-state index is 0.361. The van der Waals surface area contributed by atoms with Crippen LogP contribution in [0.2, 0.25) is 0 Å². The summed E-state index contributed by atoms with van der Waals surface area (Å²) in [5, 5.41) is 18.5. The van der Waals surface area contributed by atoms with Crippen molar-refractivity contribution in [3.05, 3.63) is 71.3 Å². The van der Waals surface area contributed by atoms with Crippen LogP contribution in [0.25, 0.3) is 0 Å². The van der Waals surface area contributed by atoms with Gasteiger partial charge < -0.3 is 5.11 Å². The monoisotopic (exact) mass is 301 g/mol. The number of halogens is 2. The molecule has 0 fully saturated rings. The van der Waals surface area contributed by atoms with Crippen LogP contribution in [-0.2, 0) is 4.79 Å². The van der Waals surface area contributed by atoms with E-state index in [1.165, 1.54) is 6.07 Å². The lowest BCUT2D eigenvalue weighted by atomic mass is 9.80. The van der Waals surface area contributed by atoms with Gasteiger partial charge in [0.25, 0.3) is 0 Å². The fraction of sp³-hybridized carbons (Fsp3) is 0.176. The molecule has 0 spiro atoms. The SMILES string of the molecule is N#CC(c1ccccc1)C(CC(=O)O)c1c(F)cccc1F. The number of nitrogens with zero attached hydrogens (tertiary/aromatic N) is 1. The van der Waals surface area contributed by atoms with Crippen LogP contribution in [0, 0.1) is 23.0 Å². The van der Waals surface area contributed by atoms with E-state index < -0.39 is 35.9 Å². The topological polar surface area (TPSA) is 61.1 Å². The molecule has 0 saturated carbocycles. The lowest BCUT2D eigenvalue weighted by Gasteiger charge is -2.22. The predicted molar refractivity (Wildman–Crippen MR) is 76.1 cm³/mol. The molecule has 0 bridgehead atoms. The van der Waals surface area contributed by atoms with Gasteiger partial charge in [-0.25, -0.2) is 8.78 Å². The van der Waals surface area contributed by atoms with Crippen LogP contribution in [0.3, 0.4) is 0 Å². The predicted octanol–water partition coefficient (Wildman–Crippen LogP) is 3.83. The molecule has 3 nitrogen and oxygen atoms in total. The van der Waals surface area contributed by atoms with Crippen LogP contribution in [0.15, 0.2) is 48.5 Å². The van der Waals surface area contributed by atoms with Crippen molar-refractivity contribution in [1.29, 1.82) is 5.26 Å². The maximum Gasteiger partial charge on any atom is 0.304 e. The zero-order valence-electron chi connectivity index (χ0n) is 11.5. The Bertz CT molecular complexity index is 690. The highest BCUT2D eigenvalue weighted by atomic mass is 19.1. The molecule has 112 valence electrons. The van der Waals surface area contributed by atoms with Crippen molar-refractivity contribution >= 4 is 5.97 Å². The molecular formula is C17H13F2NO2. The fourth-order valence-corrected chi connectivity index (χ4v) is 2.50. The first-order valence-corrected chi connectivity index (χ1v) is 6.65. The number of carboxylic acid groups (broad SMARTS) is 1. The number of carbonyl (C=O) groups is 1. The lowest BCUT2D eigenvalue weighted by Crippen LogP contribution is -2.17. The van der Waals surface area contributed by atoms with Crippen LogP contribution in [0.4, 0.5) is 8.78 Å². The van der Waals surface area contributed by atoms with Crippen molar-refractivity contribution in [3.8, 4) is 6.07 Å². The molecule has 2 unspecified atom stereocenters. The Balaban J connectivity index is 2.55. The van der Waals surface area contributed by atoms with E-state index in [1.54, 1.807) is 30.3 Å². The quantitative estimate of drug-likeness (QED) is 0.913. The molecule has 0 aliphatic heterocycles. The minimum atomic E-state index is -1.22. The van der Waals surface area contributed by atoms with Gasteiger partial charge in [-0.05, 0) is 17.7 Å². The van der Waals surface area contributed by atoms with E-state index in [0.29, 0.717) is 5.56 Å². The van der Waals surface area contributed by atoms with E-state index in [4.69, 9.17) is 5.11 Å². The van der Waals surface area contributed by atoms with Gasteiger partial charge >= 0.3 is 5.97 Å². The largest absolute Gasteiger partial charge is 0.481 e. The lowest BCUT2D eigenvalue weighted by molar-refractivity contribution is -0.137. The van der Waals surface area contributed by atoms with Gasteiger partial charge in [0.15, 0.2) is 0 Å². The van der Waals surface area contributed by atoms with E-state index >= 15 is 0 Å². The average Bonchev–Trinajstić information content (AvgIpc) is 2.48. The van der Waals surface area contributed by atoms with E-state index in [2.05, 4.69) is 0 Å². The van der Waals surface area contributed by atoms with Crippen LogP contribution in [0.5, 0.6) is 0 Å². The summed E-state index contributed by atoms with van der Waals surface area (Å²) in [7, 11) is 0. The summed E-state index contributed by atoms with van der Waals surface area (Å²) < 4.78 is 28.0. The molecule has 0 heterocycles. The third-order valence-corrected chi connectivity index (χ3v) is 3.47. The van der Waals surface area contributed by atoms with Gasteiger partial charge in [-0.1, -0.05) is 36.4 Å². The highest BCUT2D eigenvalue weighted by molar-refractivity contribution is 5.68. The average molecular weight is 301 g/mol. The van der Waals surface area contributed by atoms with Gasteiger partial charge in [0.05, 0.1) is 18.4 Å². The maximum absolute atomic E-state index is 14.0. The summed E-state index contributed by atoms with van der Waals surface area (Å²) in [5.74, 6) is -4.97. The highest BCUT2D eigenvalue weighted by Gasteiger charge is 2.31. The molecule has 2 aromatic rings. The number of aliphatic carboxylic acids is 1. The van der Waals surface area contributed by atoms with Crippen LogP contribution < -0.4 is 0 Å². The second-order valence-electron chi connectivity index (χ2n) is 4.86. The van der Waals surface area contributed by atoms with E-state index in [-0.39, 0.29) is 5.56 Å². The Morgan fingerprint density at radius 2 is 1.68 bits per heavy atom. The maximum atomic E-state index is 14.0. The number of carboxylic acids is 1. The first-order chi connectivity index (χ1) is 10.5. The molecule has 0 amide bonds. The third-order valence-electron chi connectivity index (χ3n) is 3.47. The van der Waals surface area contributed by atoms with Gasteiger partial charge in [0.2, 0.25) is 0 Å². The molecule has 0 radical (unpaired) electrons. The Morgan fingerprint density at radius 1 is 1.09 bits per heavy atom. The Kier molecular flexibility index (Phi) is 4.84. The van der Waals surface area contributed by atoms with Gasteiger partial charge in [0, 0.05) is 11.5 Å². The summed E-state index contributed by atoms with van der Waals surface area (Å²) >= 11 is 0. The Labute approximate surface area is 126 Å². The molecular weight excluding hydrogens is 288 g/mol. The highest BCUT2D eigenvalue weighted by Crippen LogP contribution is 2.37. The first-order valence-electron chi connectivity index (χ1n) is 6.65. The van der Waals surface area contributed by atoms with Gasteiger partial charge in [0.1, 0.15) is 11.6 Å². The number of nitriles is 1. The summed E-state index contributed by atoms with van der Waals surface area (Å²) in [4.78, 5) is 11.1. The molecule has 0 aliphatic rings. The van der Waals surface area contributed by atoms with Crippen LogP contribution >= 0.6 is 0 Å². The Morgan fingerprint density at radius 3 is 2.18 bits per heavy atom. The zero-order valence-corrected chi connectivity index (χ0v) is 11.5. The van der Waals surface area contributed by atoms with Gasteiger partial charge in [-0.15, -0.1) is 0 Å². The minimum Gasteiger partial charge on any atom is -0.481 e. The van der Waals surface area contributed by atoms with Crippen molar-refractivity contribution in [2.45, 2.75) is 18.3 Å². The smallest absolute Gasteiger partial charge is 0.304 e. The number of hydrogen-bond acceptors (Lipinski definition) is 2. The van der Waals surface area contributed by atoms with Crippen molar-refractivity contribution in [2.75, 3.05) is 0 Å². The number of benzene rings is 2. The van der Waals surface area contributed by atoms with Crippen molar-refractivity contribution in [3.63, 3.8) is 0 Å². The van der Waals surface area contributed by atoms with Gasteiger partial charge in [-0.3, -0.25) is 4.79 Å². The fourth-order valence-electron chi connectivity index (χ4n) is 2.50. The van der Waals surface area contributed by atoms with Gasteiger partial charge in [-0.2, -0.15) is 5.26 Å². The second-order valence-corrected chi connectivity index (χ2v) is 4.86. The molecule has 5 heteroatoms. The van der Waals surface area contributed by atoms with E-state index in [1.807, 2.05) is 6.07 Å². The third kappa shape index (κ3) is 3.29. The normalized spacial score (nSPS) is 13.1. The summed E-state index contributed by atoms with van der Waals surface area (Å²) in [6, 6.07) is 13.7. The standard InChI is InChI=1S/C17H13F2NO2/c18-14-7-4-8-15(19)17(14)12(9-16(21)22)13(10-20)11-5-2-1-3-6-11/h1-8,12-13H,9H2,(H,21,22). The first kappa shape index (κ1) is 15.6.